The van der Waals surface area contributed by atoms with Gasteiger partial charge in [-0.1, -0.05) is 24.3 Å². The van der Waals surface area contributed by atoms with E-state index < -0.39 is 18.3 Å². The zero-order chi connectivity index (χ0) is 23.6. The number of carbonyl (C=O) groups is 1. The van der Waals surface area contributed by atoms with Crippen LogP contribution in [0.25, 0.3) is 0 Å². The zero-order valence-electron chi connectivity index (χ0n) is 19.1. The Bertz CT molecular complexity index is 1120. The van der Waals surface area contributed by atoms with Crippen LogP contribution in [0.4, 0.5) is 10.1 Å². The van der Waals surface area contributed by atoms with Gasteiger partial charge >= 0.3 is 7.12 Å². The van der Waals surface area contributed by atoms with Crippen molar-refractivity contribution in [2.75, 3.05) is 5.32 Å². The van der Waals surface area contributed by atoms with Crippen molar-refractivity contribution in [1.29, 1.82) is 0 Å². The van der Waals surface area contributed by atoms with E-state index in [1.165, 1.54) is 24.3 Å². The van der Waals surface area contributed by atoms with Gasteiger partial charge < -0.3 is 14.6 Å². The van der Waals surface area contributed by atoms with Crippen molar-refractivity contribution in [3.05, 3.63) is 83.8 Å². The predicted octanol–water partition coefficient (Wildman–Crippen LogP) is 5.06. The number of aromatic nitrogens is 1. The molecule has 8 heteroatoms. The minimum atomic E-state index is -0.419. The van der Waals surface area contributed by atoms with Crippen LogP contribution in [0.15, 0.2) is 71.9 Å². The molecule has 1 N–H and O–H groups in total. The lowest BCUT2D eigenvalue weighted by atomic mass is 9.76. The molecule has 0 unspecified atom stereocenters. The monoisotopic (exact) mass is 464 g/mol. The van der Waals surface area contributed by atoms with E-state index in [1.807, 2.05) is 52.0 Å². The number of halogens is 1. The first-order valence-corrected chi connectivity index (χ1v) is 11.7. The molecule has 1 amide bonds. The standard InChI is InChI=1S/C25H26BFN2O3S/c1-24(2)25(3,4)32-26(31-24)21-8-6-5-7-18(21)16-33-22-14-9-17(15-28-22)23(30)29-20-12-10-19(27)11-13-20/h5-15H,16H2,1-4H3,(H,29,30). The summed E-state index contributed by atoms with van der Waals surface area (Å²) in [4.78, 5) is 16.8. The van der Waals surface area contributed by atoms with Crippen molar-refractivity contribution in [2.24, 2.45) is 0 Å². The van der Waals surface area contributed by atoms with Gasteiger partial charge in [0.25, 0.3) is 5.91 Å². The molecule has 1 aromatic heterocycles. The van der Waals surface area contributed by atoms with E-state index in [9.17, 15) is 9.18 Å². The van der Waals surface area contributed by atoms with Gasteiger partial charge in [0.15, 0.2) is 0 Å². The summed E-state index contributed by atoms with van der Waals surface area (Å²) in [5.41, 5.74) is 2.29. The van der Waals surface area contributed by atoms with E-state index in [-0.39, 0.29) is 11.7 Å². The summed E-state index contributed by atoms with van der Waals surface area (Å²) in [5.74, 6) is 0.0434. The van der Waals surface area contributed by atoms with Gasteiger partial charge in [-0.25, -0.2) is 9.37 Å². The number of nitrogens with zero attached hydrogens (tertiary/aromatic N) is 1. The molecule has 1 aliphatic rings. The Hall–Kier alpha value is -2.68. The largest absolute Gasteiger partial charge is 0.495 e. The van der Waals surface area contributed by atoms with Gasteiger partial charge in [0.1, 0.15) is 5.82 Å². The molecule has 170 valence electrons. The second-order valence-corrected chi connectivity index (χ2v) is 9.92. The number of rotatable bonds is 6. The summed E-state index contributed by atoms with van der Waals surface area (Å²) in [6, 6.07) is 17.3. The van der Waals surface area contributed by atoms with Crippen LogP contribution in [0.5, 0.6) is 0 Å². The molecule has 0 saturated carbocycles. The average Bonchev–Trinajstić information content (AvgIpc) is 3.01. The van der Waals surface area contributed by atoms with Crippen molar-refractivity contribution < 1.29 is 18.5 Å². The maximum Gasteiger partial charge on any atom is 0.495 e. The second-order valence-electron chi connectivity index (χ2n) is 8.92. The summed E-state index contributed by atoms with van der Waals surface area (Å²) in [5, 5.41) is 3.54. The Balaban J connectivity index is 1.40. The van der Waals surface area contributed by atoms with Gasteiger partial charge in [-0.05, 0) is 75.1 Å². The lowest BCUT2D eigenvalue weighted by molar-refractivity contribution is 0.00578. The van der Waals surface area contributed by atoms with Crippen LogP contribution in [-0.2, 0) is 15.1 Å². The smallest absolute Gasteiger partial charge is 0.399 e. The van der Waals surface area contributed by atoms with Crippen LogP contribution in [0.3, 0.4) is 0 Å². The normalized spacial score (nSPS) is 16.6. The summed E-state index contributed by atoms with van der Waals surface area (Å²) in [6.45, 7) is 8.17. The Morgan fingerprint density at radius 1 is 1.00 bits per heavy atom. The van der Waals surface area contributed by atoms with Gasteiger partial charge in [-0.2, -0.15) is 0 Å². The average molecular weight is 464 g/mol. The molecular weight excluding hydrogens is 438 g/mol. The fraction of sp³-hybridized carbons (Fsp3) is 0.280. The van der Waals surface area contributed by atoms with Crippen LogP contribution >= 0.6 is 11.8 Å². The minimum Gasteiger partial charge on any atom is -0.399 e. The Labute approximate surface area is 198 Å². The van der Waals surface area contributed by atoms with E-state index >= 15 is 0 Å². The van der Waals surface area contributed by atoms with Gasteiger partial charge in [0, 0.05) is 17.6 Å². The Morgan fingerprint density at radius 2 is 1.67 bits per heavy atom. The van der Waals surface area contributed by atoms with Gasteiger partial charge in [-0.15, -0.1) is 11.8 Å². The van der Waals surface area contributed by atoms with E-state index in [1.54, 1.807) is 24.0 Å². The second kappa shape index (κ2) is 9.29. The lowest BCUT2D eigenvalue weighted by Gasteiger charge is -2.32. The molecule has 0 atom stereocenters. The third-order valence-electron chi connectivity index (χ3n) is 6.04. The summed E-state index contributed by atoms with van der Waals surface area (Å²) >= 11 is 1.58. The van der Waals surface area contributed by atoms with Crippen molar-refractivity contribution in [2.45, 2.75) is 49.7 Å². The Kier molecular flexibility index (Phi) is 6.61. The molecule has 1 saturated heterocycles. The molecule has 0 bridgehead atoms. The number of carbonyl (C=O) groups excluding carboxylic acids is 1. The maximum atomic E-state index is 13.0. The van der Waals surface area contributed by atoms with Crippen molar-refractivity contribution in [3.8, 4) is 0 Å². The molecule has 33 heavy (non-hydrogen) atoms. The van der Waals surface area contributed by atoms with Crippen LogP contribution in [-0.4, -0.2) is 29.2 Å². The van der Waals surface area contributed by atoms with Crippen molar-refractivity contribution in [3.63, 3.8) is 0 Å². The number of thioether (sulfide) groups is 1. The number of hydrogen-bond acceptors (Lipinski definition) is 5. The molecular formula is C25H26BFN2O3S. The minimum absolute atomic E-state index is 0.295. The summed E-state index contributed by atoms with van der Waals surface area (Å²) in [7, 11) is -0.419. The molecule has 5 nitrogen and oxygen atoms in total. The lowest BCUT2D eigenvalue weighted by Crippen LogP contribution is -2.41. The molecule has 2 aromatic carbocycles. The fourth-order valence-electron chi connectivity index (χ4n) is 3.35. The number of pyridine rings is 1. The highest BCUT2D eigenvalue weighted by Gasteiger charge is 2.52. The van der Waals surface area contributed by atoms with Gasteiger partial charge in [0.2, 0.25) is 0 Å². The number of hydrogen-bond donors (Lipinski definition) is 1. The SMILES string of the molecule is CC1(C)OB(c2ccccc2CSc2ccc(C(=O)Nc3ccc(F)cc3)cn2)OC1(C)C. The molecule has 0 spiro atoms. The fourth-order valence-corrected chi connectivity index (χ4v) is 4.21. The van der Waals surface area contributed by atoms with Gasteiger partial charge in [0.05, 0.1) is 21.8 Å². The first-order chi connectivity index (χ1) is 15.6. The van der Waals surface area contributed by atoms with Crippen LogP contribution in [0, 0.1) is 5.82 Å². The van der Waals surface area contributed by atoms with Crippen LogP contribution in [0.2, 0.25) is 0 Å². The highest BCUT2D eigenvalue weighted by molar-refractivity contribution is 7.98. The summed E-state index contributed by atoms with van der Waals surface area (Å²) in [6.07, 6.45) is 1.54. The third kappa shape index (κ3) is 5.29. The van der Waals surface area contributed by atoms with E-state index in [0.29, 0.717) is 17.0 Å². The number of nitrogens with one attached hydrogen (secondary N) is 1. The maximum absolute atomic E-state index is 13.0. The van der Waals surface area contributed by atoms with Crippen molar-refractivity contribution >= 4 is 35.9 Å². The van der Waals surface area contributed by atoms with Crippen molar-refractivity contribution in [1.82, 2.24) is 4.98 Å². The number of benzene rings is 2. The molecule has 0 aliphatic carbocycles. The quantitative estimate of drug-likeness (QED) is 0.408. The highest BCUT2D eigenvalue weighted by atomic mass is 32.2. The first-order valence-electron chi connectivity index (χ1n) is 10.7. The zero-order valence-corrected chi connectivity index (χ0v) is 19.9. The first kappa shape index (κ1) is 23.5. The van der Waals surface area contributed by atoms with E-state index in [4.69, 9.17) is 9.31 Å². The topological polar surface area (TPSA) is 60.5 Å². The van der Waals surface area contributed by atoms with E-state index in [2.05, 4.69) is 16.4 Å². The predicted molar refractivity (Wildman–Crippen MR) is 130 cm³/mol. The highest BCUT2D eigenvalue weighted by Crippen LogP contribution is 2.37. The molecule has 1 fully saturated rings. The van der Waals surface area contributed by atoms with Gasteiger partial charge in [-0.3, -0.25) is 4.79 Å². The van der Waals surface area contributed by atoms with Crippen LogP contribution < -0.4 is 10.8 Å². The number of amides is 1. The number of anilines is 1. The van der Waals surface area contributed by atoms with E-state index in [0.717, 1.165) is 16.1 Å². The third-order valence-corrected chi connectivity index (χ3v) is 7.03. The molecule has 4 rings (SSSR count). The summed E-state index contributed by atoms with van der Waals surface area (Å²) < 4.78 is 25.5. The van der Waals surface area contributed by atoms with Crippen LogP contribution in [0.1, 0.15) is 43.6 Å². The molecule has 0 radical (unpaired) electrons. The molecule has 2 heterocycles. The Morgan fingerprint density at radius 3 is 2.30 bits per heavy atom. The molecule has 3 aromatic rings. The molecule has 1 aliphatic heterocycles.